The van der Waals surface area contributed by atoms with Crippen molar-refractivity contribution in [3.05, 3.63) is 64.7 Å². The molecule has 1 aliphatic rings. The number of unbranched alkanes of at least 4 members (excludes halogenated alkanes) is 1. The lowest BCUT2D eigenvalue weighted by Crippen LogP contribution is -2.31. The van der Waals surface area contributed by atoms with Crippen LogP contribution in [0.5, 0.6) is 0 Å². The van der Waals surface area contributed by atoms with Crippen molar-refractivity contribution in [2.75, 3.05) is 12.4 Å². The first-order chi connectivity index (χ1) is 12.6. The van der Waals surface area contributed by atoms with Gasteiger partial charge in [-0.2, -0.15) is 0 Å². The molecule has 3 nitrogen and oxygen atoms in total. The van der Waals surface area contributed by atoms with Crippen LogP contribution in [0.4, 0.5) is 5.69 Å². The van der Waals surface area contributed by atoms with E-state index in [1.165, 1.54) is 48.8 Å². The molecule has 138 valence electrons. The SMILES string of the molecule is CCCCC1C(C)c2cccc(C)c2N[C@H]1c1ccc(C(=O)OC)cc1. The molecule has 0 spiro atoms. The summed E-state index contributed by atoms with van der Waals surface area (Å²) in [5.41, 5.74) is 5.82. The number of benzene rings is 2. The lowest BCUT2D eigenvalue weighted by molar-refractivity contribution is 0.0600. The number of nitrogens with one attached hydrogen (secondary N) is 1. The van der Waals surface area contributed by atoms with Crippen LogP contribution in [-0.4, -0.2) is 13.1 Å². The largest absolute Gasteiger partial charge is 0.465 e. The van der Waals surface area contributed by atoms with E-state index < -0.39 is 0 Å². The Balaban J connectivity index is 1.97. The van der Waals surface area contributed by atoms with Gasteiger partial charge in [0.05, 0.1) is 18.7 Å². The first-order valence-electron chi connectivity index (χ1n) is 9.61. The van der Waals surface area contributed by atoms with Crippen LogP contribution in [0.3, 0.4) is 0 Å². The quantitative estimate of drug-likeness (QED) is 0.686. The molecule has 3 atom stereocenters. The highest BCUT2D eigenvalue weighted by atomic mass is 16.5. The summed E-state index contributed by atoms with van der Waals surface area (Å²) in [6, 6.07) is 14.7. The summed E-state index contributed by atoms with van der Waals surface area (Å²) in [4.78, 5) is 11.7. The highest BCUT2D eigenvalue weighted by Crippen LogP contribution is 2.47. The summed E-state index contributed by atoms with van der Waals surface area (Å²) in [5, 5.41) is 3.82. The van der Waals surface area contributed by atoms with Gasteiger partial charge in [-0.05, 0) is 54.0 Å². The molecule has 0 fully saturated rings. The molecule has 0 bridgehead atoms. The maximum atomic E-state index is 11.7. The zero-order chi connectivity index (χ0) is 18.7. The van der Waals surface area contributed by atoms with Crippen molar-refractivity contribution in [3.63, 3.8) is 0 Å². The van der Waals surface area contributed by atoms with Gasteiger partial charge in [-0.25, -0.2) is 4.79 Å². The van der Waals surface area contributed by atoms with Gasteiger partial charge in [0, 0.05) is 5.69 Å². The second-order valence-corrected chi connectivity index (χ2v) is 7.37. The summed E-state index contributed by atoms with van der Waals surface area (Å²) in [5.74, 6) is 0.751. The fourth-order valence-corrected chi connectivity index (χ4v) is 4.18. The summed E-state index contributed by atoms with van der Waals surface area (Å²) < 4.78 is 4.82. The van der Waals surface area contributed by atoms with Gasteiger partial charge in [0.15, 0.2) is 0 Å². The van der Waals surface area contributed by atoms with Gasteiger partial charge in [-0.15, -0.1) is 0 Å². The van der Waals surface area contributed by atoms with E-state index in [1.807, 2.05) is 12.1 Å². The van der Waals surface area contributed by atoms with E-state index in [1.54, 1.807) is 0 Å². The van der Waals surface area contributed by atoms with E-state index in [2.05, 4.69) is 56.4 Å². The molecule has 0 aromatic heterocycles. The summed E-state index contributed by atoms with van der Waals surface area (Å²) in [6.45, 7) is 6.77. The first kappa shape index (κ1) is 18.5. The second kappa shape index (κ2) is 7.94. The first-order valence-corrected chi connectivity index (χ1v) is 9.61. The molecule has 1 aliphatic heterocycles. The molecule has 0 saturated carbocycles. The molecule has 3 heteroatoms. The monoisotopic (exact) mass is 351 g/mol. The third kappa shape index (κ3) is 3.48. The van der Waals surface area contributed by atoms with Gasteiger partial charge in [0.2, 0.25) is 0 Å². The van der Waals surface area contributed by atoms with Gasteiger partial charge in [-0.3, -0.25) is 0 Å². The number of ether oxygens (including phenoxy) is 1. The van der Waals surface area contributed by atoms with Crippen molar-refractivity contribution in [2.45, 2.75) is 52.0 Å². The lowest BCUT2D eigenvalue weighted by Gasteiger charge is -2.40. The molecule has 2 aromatic rings. The highest BCUT2D eigenvalue weighted by Gasteiger charge is 2.34. The van der Waals surface area contributed by atoms with Crippen LogP contribution >= 0.6 is 0 Å². The summed E-state index contributed by atoms with van der Waals surface area (Å²) >= 11 is 0. The number of anilines is 1. The molecule has 3 rings (SSSR count). The average Bonchev–Trinajstić information content (AvgIpc) is 2.67. The lowest BCUT2D eigenvalue weighted by atomic mass is 9.73. The Kier molecular flexibility index (Phi) is 5.65. The second-order valence-electron chi connectivity index (χ2n) is 7.37. The Morgan fingerprint density at radius 3 is 2.54 bits per heavy atom. The Bertz CT molecular complexity index is 766. The minimum absolute atomic E-state index is 0.261. The van der Waals surface area contributed by atoms with Crippen LogP contribution in [0, 0.1) is 12.8 Å². The summed E-state index contributed by atoms with van der Waals surface area (Å²) in [7, 11) is 1.42. The molecule has 0 aliphatic carbocycles. The molecule has 1 heterocycles. The van der Waals surface area contributed by atoms with Crippen LogP contribution < -0.4 is 5.32 Å². The van der Waals surface area contributed by atoms with E-state index in [9.17, 15) is 4.79 Å². The van der Waals surface area contributed by atoms with E-state index in [-0.39, 0.29) is 12.0 Å². The van der Waals surface area contributed by atoms with E-state index in [0.717, 1.165) is 0 Å². The molecular weight excluding hydrogens is 322 g/mol. The van der Waals surface area contributed by atoms with Crippen molar-refractivity contribution >= 4 is 11.7 Å². The average molecular weight is 351 g/mol. The number of hydrogen-bond donors (Lipinski definition) is 1. The number of methoxy groups -OCH3 is 1. The Hall–Kier alpha value is -2.29. The van der Waals surface area contributed by atoms with E-state index in [4.69, 9.17) is 4.74 Å². The molecular formula is C23H29NO2. The predicted molar refractivity (Wildman–Crippen MR) is 107 cm³/mol. The number of para-hydroxylation sites is 1. The Morgan fingerprint density at radius 1 is 1.15 bits per heavy atom. The molecule has 2 unspecified atom stereocenters. The third-order valence-corrected chi connectivity index (χ3v) is 5.75. The zero-order valence-electron chi connectivity index (χ0n) is 16.2. The molecule has 2 aromatic carbocycles. The fraction of sp³-hybridized carbons (Fsp3) is 0.435. The van der Waals surface area contributed by atoms with Crippen molar-refractivity contribution in [1.29, 1.82) is 0 Å². The number of aryl methyl sites for hydroxylation is 1. The fourth-order valence-electron chi connectivity index (χ4n) is 4.18. The maximum absolute atomic E-state index is 11.7. The number of carbonyl (C=O) groups is 1. The number of carbonyl (C=O) groups excluding carboxylic acids is 1. The van der Waals surface area contributed by atoms with Gasteiger partial charge in [-0.1, -0.05) is 57.0 Å². The topological polar surface area (TPSA) is 38.3 Å². The molecule has 1 N–H and O–H groups in total. The van der Waals surface area contributed by atoms with Crippen LogP contribution in [0.2, 0.25) is 0 Å². The predicted octanol–water partition coefficient (Wildman–Crippen LogP) is 5.86. The normalized spacial score (nSPS) is 21.6. The van der Waals surface area contributed by atoms with Crippen LogP contribution in [0.25, 0.3) is 0 Å². The Morgan fingerprint density at radius 2 is 1.88 bits per heavy atom. The highest BCUT2D eigenvalue weighted by molar-refractivity contribution is 5.89. The van der Waals surface area contributed by atoms with Crippen molar-refractivity contribution < 1.29 is 9.53 Å². The van der Waals surface area contributed by atoms with Crippen LogP contribution in [0.1, 0.15) is 72.1 Å². The van der Waals surface area contributed by atoms with E-state index >= 15 is 0 Å². The van der Waals surface area contributed by atoms with Crippen LogP contribution in [0.15, 0.2) is 42.5 Å². The van der Waals surface area contributed by atoms with Gasteiger partial charge in [0.25, 0.3) is 0 Å². The van der Waals surface area contributed by atoms with Crippen molar-refractivity contribution in [2.24, 2.45) is 5.92 Å². The Labute approximate surface area is 156 Å². The maximum Gasteiger partial charge on any atom is 0.337 e. The number of hydrogen-bond acceptors (Lipinski definition) is 3. The number of esters is 1. The van der Waals surface area contributed by atoms with Gasteiger partial charge < -0.3 is 10.1 Å². The zero-order valence-corrected chi connectivity index (χ0v) is 16.2. The molecule has 0 saturated heterocycles. The summed E-state index contributed by atoms with van der Waals surface area (Å²) in [6.07, 6.45) is 3.63. The molecule has 0 amide bonds. The minimum atomic E-state index is -0.287. The molecule has 0 radical (unpaired) electrons. The van der Waals surface area contributed by atoms with Crippen molar-refractivity contribution in [3.8, 4) is 0 Å². The number of fused-ring (bicyclic) bond motifs is 1. The number of rotatable bonds is 5. The molecule has 26 heavy (non-hydrogen) atoms. The minimum Gasteiger partial charge on any atom is -0.465 e. The van der Waals surface area contributed by atoms with Gasteiger partial charge in [0.1, 0.15) is 0 Å². The van der Waals surface area contributed by atoms with E-state index in [0.29, 0.717) is 17.4 Å². The smallest absolute Gasteiger partial charge is 0.337 e. The standard InChI is InChI=1S/C23H29NO2/c1-5-6-9-20-16(3)19-10-7-8-15(2)21(19)24-22(20)17-11-13-18(14-12-17)23(25)26-4/h7-8,10-14,16,20,22,24H,5-6,9H2,1-4H3/t16?,20?,22-/m0/s1. The van der Waals surface area contributed by atoms with Gasteiger partial charge >= 0.3 is 5.97 Å². The van der Waals surface area contributed by atoms with Crippen molar-refractivity contribution in [1.82, 2.24) is 0 Å². The van der Waals surface area contributed by atoms with Crippen LogP contribution in [-0.2, 0) is 4.74 Å². The third-order valence-electron chi connectivity index (χ3n) is 5.75.